The predicted molar refractivity (Wildman–Crippen MR) is 502 cm³/mol. The van der Waals surface area contributed by atoms with Gasteiger partial charge in [0.15, 0.2) is 0 Å². The highest BCUT2D eigenvalue weighted by Gasteiger charge is 2.29. The summed E-state index contributed by atoms with van der Waals surface area (Å²) >= 11 is 0. The van der Waals surface area contributed by atoms with Crippen molar-refractivity contribution in [1.29, 1.82) is 0 Å². The fourth-order valence-corrected chi connectivity index (χ4v) is 20.4. The van der Waals surface area contributed by atoms with Crippen LogP contribution in [-0.4, -0.2) is 29.9 Å². The van der Waals surface area contributed by atoms with Crippen molar-refractivity contribution in [3.63, 3.8) is 0 Å². The molecule has 552 valence electrons. The molecule has 0 atom stereocenters. The van der Waals surface area contributed by atoms with Crippen LogP contribution in [0.5, 0.6) is 0 Å². The minimum absolute atomic E-state index is 0.987. The van der Waals surface area contributed by atoms with Gasteiger partial charge >= 0.3 is 0 Å². The maximum atomic E-state index is 4.81. The van der Waals surface area contributed by atoms with E-state index >= 15 is 0 Å². The summed E-state index contributed by atoms with van der Waals surface area (Å²) in [5.41, 5.74) is 29.5. The Morgan fingerprint density at radius 1 is 0.133 bits per heavy atom. The van der Waals surface area contributed by atoms with E-state index in [-0.39, 0.29) is 0 Å². The van der Waals surface area contributed by atoms with E-state index in [4.69, 9.17) is 9.97 Å². The number of rotatable bonds is 6. The lowest BCUT2D eigenvalue weighted by molar-refractivity contribution is 1.33. The number of hydrogen-bond donors (Lipinski definition) is 0. The van der Waals surface area contributed by atoms with Gasteiger partial charge in [0.25, 0.3) is 0 Å². The zero-order valence-corrected chi connectivity index (χ0v) is 64.8. The topological polar surface area (TPSA) is 77.3 Å². The van der Waals surface area contributed by atoms with Crippen LogP contribution < -0.4 is 0 Å². The zero-order chi connectivity index (χ0) is 78.6. The summed E-state index contributed by atoms with van der Waals surface area (Å²) in [5.74, 6) is 0. The van der Waals surface area contributed by atoms with Gasteiger partial charge < -0.3 is 0 Å². The van der Waals surface area contributed by atoms with Gasteiger partial charge in [0.2, 0.25) is 0 Å². The van der Waals surface area contributed by atoms with Gasteiger partial charge in [0, 0.05) is 84.2 Å². The van der Waals surface area contributed by atoms with Gasteiger partial charge in [-0.05, 0) is 363 Å². The number of aromatic nitrogens is 6. The molecule has 27 rings (SSSR count). The summed E-state index contributed by atoms with van der Waals surface area (Å²) in [6, 6.07) is 124. The molecule has 6 heterocycles. The van der Waals surface area contributed by atoms with Crippen molar-refractivity contribution in [2.45, 2.75) is 0 Å². The highest BCUT2D eigenvalue weighted by Crippen LogP contribution is 2.56. The molecule has 18 aromatic carbocycles. The molecule has 0 aliphatic heterocycles. The molecule has 0 unspecified atom stereocenters. The van der Waals surface area contributed by atoms with Crippen LogP contribution >= 0.6 is 0 Å². The Morgan fingerprint density at radius 2 is 0.392 bits per heavy atom. The lowest BCUT2D eigenvalue weighted by Gasteiger charge is -2.17. The summed E-state index contributed by atoms with van der Waals surface area (Å²) in [6.07, 6.45) is 18.9. The number of benzene rings is 18. The third-order valence-electron chi connectivity index (χ3n) is 25.6. The number of pyridine rings is 6. The van der Waals surface area contributed by atoms with Gasteiger partial charge in [0.1, 0.15) is 0 Å². The number of hydrogen-bond acceptors (Lipinski definition) is 6. The van der Waals surface area contributed by atoms with E-state index in [1.54, 1.807) is 0 Å². The zero-order valence-electron chi connectivity index (χ0n) is 64.8. The van der Waals surface area contributed by atoms with Crippen molar-refractivity contribution in [2.24, 2.45) is 0 Å². The average Bonchev–Trinajstić information content (AvgIpc) is 1.64. The van der Waals surface area contributed by atoms with Crippen molar-refractivity contribution in [2.75, 3.05) is 0 Å². The van der Waals surface area contributed by atoms with Crippen LogP contribution in [0.4, 0.5) is 0 Å². The largest absolute Gasteiger partial charge is 0.265 e. The molecular formula is C114H66N6. The highest BCUT2D eigenvalue weighted by atomic mass is 14.7. The van der Waals surface area contributed by atoms with Crippen molar-refractivity contribution in [3.8, 4) is 134 Å². The van der Waals surface area contributed by atoms with Crippen molar-refractivity contribution < 1.29 is 0 Å². The van der Waals surface area contributed by atoms with Crippen molar-refractivity contribution >= 4 is 129 Å². The van der Waals surface area contributed by atoms with E-state index in [0.717, 1.165) is 33.6 Å². The molecule has 3 aliphatic rings. The summed E-state index contributed by atoms with van der Waals surface area (Å²) < 4.78 is 0. The first-order valence-corrected chi connectivity index (χ1v) is 41.0. The monoisotopic (exact) mass is 1520 g/mol. The standard InChI is InChI=1S/3C38H22N2/c1-2-12-27-26(11-1)30(24-9-5-15-39-21-24)17-36-32(27)18-31(25-10-6-16-40-22-25)35-19-33-28-13-3-7-23-8-4-14-29(38(23)28)34(33)20-37(35)36;1-2-12-25-24(11-1)28-21-35(37-16-4-6-18-40-37)33-20-30-27-14-8-10-23-9-7-13-26(38(23)27)29(30)19-31(33)32(28)22-34(25)36-15-3-5-17-39-36;1-2-8-27-26(7-1)30(23-11-15-39-16-12-23)19-36-32(27)20-31(24-13-17-40-18-14-24)35-21-33-28-9-3-5-25-6-4-10-29(38(25)28)34(33)22-37(35)36/h3*1-22H. The Labute approximate surface area is 690 Å². The van der Waals surface area contributed by atoms with Crippen LogP contribution in [-0.2, 0) is 0 Å². The van der Waals surface area contributed by atoms with E-state index in [1.165, 1.54) is 229 Å². The van der Waals surface area contributed by atoms with E-state index < -0.39 is 0 Å². The molecule has 3 aliphatic carbocycles. The maximum Gasteiger partial charge on any atom is 0.0708 e. The summed E-state index contributed by atoms with van der Waals surface area (Å²) in [4.78, 5) is 27.1. The smallest absolute Gasteiger partial charge is 0.0708 e. The molecule has 0 saturated carbocycles. The number of nitrogens with zero attached hydrogens (tertiary/aromatic N) is 6. The molecule has 0 saturated heterocycles. The molecule has 0 radical (unpaired) electrons. The van der Waals surface area contributed by atoms with Gasteiger partial charge in [-0.25, -0.2) is 0 Å². The minimum atomic E-state index is 0.987. The quantitative estimate of drug-likeness (QED) is 0.154. The van der Waals surface area contributed by atoms with E-state index in [1.807, 2.05) is 86.2 Å². The van der Waals surface area contributed by atoms with Crippen LogP contribution in [0.1, 0.15) is 0 Å². The third-order valence-corrected chi connectivity index (χ3v) is 25.6. The maximum absolute atomic E-state index is 4.81. The third kappa shape index (κ3) is 10.3. The fraction of sp³-hybridized carbons (Fsp3) is 0. The van der Waals surface area contributed by atoms with Crippen LogP contribution in [0.15, 0.2) is 402 Å². The summed E-state index contributed by atoms with van der Waals surface area (Å²) in [7, 11) is 0. The lowest BCUT2D eigenvalue weighted by Crippen LogP contribution is -1.92. The molecule has 0 fully saturated rings. The van der Waals surface area contributed by atoms with E-state index in [2.05, 4.69) is 335 Å². The average molecular weight is 1520 g/mol. The Balaban J connectivity index is 0.0000000997. The molecule has 120 heavy (non-hydrogen) atoms. The predicted octanol–water partition coefficient (Wildman–Crippen LogP) is 30.2. The highest BCUT2D eigenvalue weighted by molar-refractivity contribution is 6.31. The minimum Gasteiger partial charge on any atom is -0.265 e. The SMILES string of the molecule is c1cc2c3c(cccc3c1)-c1cc3c(cc1-2)c(-c1ccncc1)cc1c2ccccc2c(-c2ccncc2)cc31.c1ccc(-c2cc3c4cc5c(cc4c(-c4ccccn4)cc3c3ccccc23)-c2cccc3cccc-5c23)nc1.c1cncc(-c2cc3c4cc5c(cc4c(-c4cccnc4)cc3c3ccccc23)-c2cccc3cccc-5c23)c1. The first-order chi connectivity index (χ1) is 59.5. The van der Waals surface area contributed by atoms with Crippen molar-refractivity contribution in [3.05, 3.63) is 402 Å². The molecule has 6 heteroatoms. The van der Waals surface area contributed by atoms with Gasteiger partial charge in [-0.15, -0.1) is 0 Å². The molecule has 24 aromatic rings. The van der Waals surface area contributed by atoms with Gasteiger partial charge in [0.05, 0.1) is 11.4 Å². The first-order valence-electron chi connectivity index (χ1n) is 41.0. The molecule has 6 nitrogen and oxygen atoms in total. The Morgan fingerprint density at radius 3 is 0.725 bits per heavy atom. The second-order valence-corrected chi connectivity index (χ2v) is 31.8. The second kappa shape index (κ2) is 26.8. The normalized spacial score (nSPS) is 12.0. The van der Waals surface area contributed by atoms with Gasteiger partial charge in [-0.1, -0.05) is 206 Å². The number of fused-ring (bicyclic) bond motifs is 24. The Hall–Kier alpha value is -16.0. The fourth-order valence-electron chi connectivity index (χ4n) is 20.4. The van der Waals surface area contributed by atoms with Crippen LogP contribution in [0.2, 0.25) is 0 Å². The van der Waals surface area contributed by atoms with Gasteiger partial charge in [-0.2, -0.15) is 0 Å². The first kappa shape index (κ1) is 67.3. The van der Waals surface area contributed by atoms with Crippen LogP contribution in [0.25, 0.3) is 263 Å². The van der Waals surface area contributed by atoms with Crippen molar-refractivity contribution in [1.82, 2.24) is 29.9 Å². The Kier molecular flexibility index (Phi) is 15.0. The summed E-state index contributed by atoms with van der Waals surface area (Å²) in [5, 5.41) is 30.4. The van der Waals surface area contributed by atoms with Crippen LogP contribution in [0, 0.1) is 0 Å². The molecule has 0 spiro atoms. The van der Waals surface area contributed by atoms with E-state index in [0.29, 0.717) is 0 Å². The van der Waals surface area contributed by atoms with Crippen LogP contribution in [0.3, 0.4) is 0 Å². The Bertz CT molecular complexity index is 7680. The molecule has 0 amide bonds. The molecule has 6 aromatic heterocycles. The lowest BCUT2D eigenvalue weighted by atomic mass is 9.86. The molecule has 0 bridgehead atoms. The molecule has 0 N–H and O–H groups in total. The van der Waals surface area contributed by atoms with Gasteiger partial charge in [-0.3, -0.25) is 29.9 Å². The summed E-state index contributed by atoms with van der Waals surface area (Å²) in [6.45, 7) is 0. The second-order valence-electron chi connectivity index (χ2n) is 31.8. The molecular weight excluding hydrogens is 1450 g/mol. The van der Waals surface area contributed by atoms with E-state index in [9.17, 15) is 0 Å².